The number of benzene rings is 1. The zero-order chi connectivity index (χ0) is 15.9. The van der Waals surface area contributed by atoms with Crippen molar-refractivity contribution in [2.75, 3.05) is 0 Å². The third-order valence-electron chi connectivity index (χ3n) is 4.81. The van der Waals surface area contributed by atoms with Crippen molar-refractivity contribution in [1.82, 2.24) is 0 Å². The van der Waals surface area contributed by atoms with Crippen LogP contribution >= 0.6 is 0 Å². The highest BCUT2D eigenvalue weighted by atomic mass is 19.4. The highest BCUT2D eigenvalue weighted by Gasteiger charge is 2.36. The highest BCUT2D eigenvalue weighted by molar-refractivity contribution is 5.37. The fraction of sp³-hybridized carbons (Fsp3) is 0.647. The summed E-state index contributed by atoms with van der Waals surface area (Å²) in [6.45, 7) is 6.20. The number of aryl methyl sites for hydroxylation is 1. The Kier molecular flexibility index (Phi) is 4.13. The van der Waals surface area contributed by atoms with E-state index in [9.17, 15) is 13.2 Å². The van der Waals surface area contributed by atoms with Gasteiger partial charge in [-0.25, -0.2) is 0 Å². The number of rotatable bonds is 1. The molecule has 2 rings (SSSR count). The molecule has 0 spiro atoms. The predicted octanol–water partition coefficient (Wildman–Crippen LogP) is 5.16. The maximum Gasteiger partial charge on any atom is 0.416 e. The molecule has 0 bridgehead atoms. The topological polar surface area (TPSA) is 26.0 Å². The van der Waals surface area contributed by atoms with E-state index in [0.29, 0.717) is 5.56 Å². The molecule has 1 saturated carbocycles. The van der Waals surface area contributed by atoms with Gasteiger partial charge in [-0.3, -0.25) is 0 Å². The molecule has 0 aliphatic heterocycles. The summed E-state index contributed by atoms with van der Waals surface area (Å²) in [4.78, 5) is 0. The lowest BCUT2D eigenvalue weighted by Gasteiger charge is -2.31. The molecule has 1 unspecified atom stereocenters. The Bertz CT molecular complexity index is 519. The lowest BCUT2D eigenvalue weighted by Crippen LogP contribution is -2.37. The number of halogens is 3. The van der Waals surface area contributed by atoms with E-state index < -0.39 is 17.3 Å². The zero-order valence-corrected chi connectivity index (χ0v) is 13.0. The third-order valence-corrected chi connectivity index (χ3v) is 4.81. The summed E-state index contributed by atoms with van der Waals surface area (Å²) in [5.74, 6) is 0. The molecule has 1 atom stereocenters. The van der Waals surface area contributed by atoms with Gasteiger partial charge in [-0.15, -0.1) is 0 Å². The van der Waals surface area contributed by atoms with E-state index in [0.717, 1.165) is 43.7 Å². The van der Waals surface area contributed by atoms with E-state index in [-0.39, 0.29) is 5.41 Å². The van der Waals surface area contributed by atoms with Crippen molar-refractivity contribution in [2.24, 2.45) is 11.1 Å². The number of hydrogen-bond acceptors (Lipinski definition) is 1. The van der Waals surface area contributed by atoms with Crippen LogP contribution in [-0.4, -0.2) is 0 Å². The number of alkyl halides is 3. The molecule has 0 amide bonds. The van der Waals surface area contributed by atoms with Crippen LogP contribution in [0.1, 0.15) is 62.6 Å². The molecule has 4 heteroatoms. The molecule has 1 nitrogen and oxygen atoms in total. The summed E-state index contributed by atoms with van der Waals surface area (Å²) in [7, 11) is 0. The van der Waals surface area contributed by atoms with Gasteiger partial charge < -0.3 is 5.73 Å². The van der Waals surface area contributed by atoms with Crippen molar-refractivity contribution in [3.63, 3.8) is 0 Å². The molecule has 2 N–H and O–H groups in total. The van der Waals surface area contributed by atoms with Gasteiger partial charge in [-0.05, 0) is 61.3 Å². The second-order valence-electron chi connectivity index (χ2n) is 7.20. The lowest BCUT2D eigenvalue weighted by atomic mass is 9.79. The molecule has 1 fully saturated rings. The van der Waals surface area contributed by atoms with Gasteiger partial charge in [-0.1, -0.05) is 26.3 Å². The van der Waals surface area contributed by atoms with Crippen LogP contribution in [0.5, 0.6) is 0 Å². The van der Waals surface area contributed by atoms with Crippen LogP contribution in [0.3, 0.4) is 0 Å². The van der Waals surface area contributed by atoms with Crippen molar-refractivity contribution in [1.29, 1.82) is 0 Å². The van der Waals surface area contributed by atoms with E-state index in [1.807, 2.05) is 0 Å². The number of nitrogens with two attached hydrogens (primary N) is 1. The Morgan fingerprint density at radius 2 is 1.71 bits per heavy atom. The largest absolute Gasteiger partial charge is 0.416 e. The summed E-state index contributed by atoms with van der Waals surface area (Å²) in [6.07, 6.45) is 0.505. The van der Waals surface area contributed by atoms with Crippen molar-refractivity contribution in [3.8, 4) is 0 Å². The van der Waals surface area contributed by atoms with Crippen molar-refractivity contribution >= 4 is 0 Å². The number of hydrogen-bond donors (Lipinski definition) is 1. The van der Waals surface area contributed by atoms with E-state index in [1.165, 1.54) is 6.07 Å². The summed E-state index contributed by atoms with van der Waals surface area (Å²) >= 11 is 0. The van der Waals surface area contributed by atoms with Gasteiger partial charge in [0.05, 0.1) is 5.56 Å². The van der Waals surface area contributed by atoms with Gasteiger partial charge in [0.15, 0.2) is 0 Å². The molecule has 1 aromatic rings. The van der Waals surface area contributed by atoms with Crippen LogP contribution in [-0.2, 0) is 11.7 Å². The molecule has 1 aliphatic rings. The van der Waals surface area contributed by atoms with Crippen molar-refractivity contribution in [3.05, 3.63) is 34.9 Å². The minimum absolute atomic E-state index is 0.265. The Morgan fingerprint density at radius 1 is 1.05 bits per heavy atom. The standard InChI is InChI=1S/C17H24F3N/c1-12-11-13(17(18,19)20)5-6-14(12)16(21)8-4-7-15(2,3)9-10-16/h5-6,11H,4,7-10,21H2,1-3H3. The molecule has 1 aliphatic carbocycles. The average molecular weight is 299 g/mol. The fourth-order valence-electron chi connectivity index (χ4n) is 3.36. The van der Waals surface area contributed by atoms with Gasteiger partial charge in [0.1, 0.15) is 0 Å². The van der Waals surface area contributed by atoms with Crippen molar-refractivity contribution in [2.45, 2.75) is 64.6 Å². The van der Waals surface area contributed by atoms with Gasteiger partial charge in [-0.2, -0.15) is 13.2 Å². The maximum absolute atomic E-state index is 12.8. The van der Waals surface area contributed by atoms with Gasteiger partial charge >= 0.3 is 6.18 Å². The average Bonchev–Trinajstić information content (AvgIpc) is 2.48. The summed E-state index contributed by atoms with van der Waals surface area (Å²) in [5, 5.41) is 0. The zero-order valence-electron chi connectivity index (χ0n) is 13.0. The SMILES string of the molecule is Cc1cc(C(F)(F)F)ccc1C1(N)CCCC(C)(C)CC1. The molecule has 21 heavy (non-hydrogen) atoms. The predicted molar refractivity (Wildman–Crippen MR) is 78.9 cm³/mol. The second-order valence-corrected chi connectivity index (χ2v) is 7.20. The van der Waals surface area contributed by atoms with Crippen LogP contribution in [0, 0.1) is 12.3 Å². The Labute approximate surface area is 124 Å². The van der Waals surface area contributed by atoms with Gasteiger partial charge in [0.2, 0.25) is 0 Å². The quantitative estimate of drug-likeness (QED) is 0.712. The Balaban J connectivity index is 2.33. The van der Waals surface area contributed by atoms with Crippen LogP contribution in [0.2, 0.25) is 0 Å². The third kappa shape index (κ3) is 3.60. The van der Waals surface area contributed by atoms with Crippen LogP contribution < -0.4 is 5.73 Å². The first-order chi connectivity index (χ1) is 9.54. The first-order valence-corrected chi connectivity index (χ1v) is 7.51. The smallest absolute Gasteiger partial charge is 0.321 e. The molecule has 118 valence electrons. The first kappa shape index (κ1) is 16.3. The van der Waals surface area contributed by atoms with E-state index in [4.69, 9.17) is 5.73 Å². The molecule has 0 saturated heterocycles. The van der Waals surface area contributed by atoms with Crippen molar-refractivity contribution < 1.29 is 13.2 Å². The molecular formula is C17H24F3N. The molecular weight excluding hydrogens is 275 g/mol. The maximum atomic E-state index is 12.8. The van der Waals surface area contributed by atoms with E-state index >= 15 is 0 Å². The summed E-state index contributed by atoms with van der Waals surface area (Å²) < 4.78 is 38.3. The van der Waals surface area contributed by atoms with E-state index in [1.54, 1.807) is 13.0 Å². The minimum atomic E-state index is -4.30. The van der Waals surface area contributed by atoms with Gasteiger partial charge in [0.25, 0.3) is 0 Å². The lowest BCUT2D eigenvalue weighted by molar-refractivity contribution is -0.137. The molecule has 0 aromatic heterocycles. The Hall–Kier alpha value is -1.03. The normalized spacial score (nSPS) is 26.4. The summed E-state index contributed by atoms with van der Waals surface area (Å²) in [6, 6.07) is 3.96. The van der Waals surface area contributed by atoms with Crippen LogP contribution in [0.25, 0.3) is 0 Å². The minimum Gasteiger partial charge on any atom is -0.321 e. The molecule has 0 heterocycles. The second kappa shape index (κ2) is 5.31. The molecule has 0 radical (unpaired) electrons. The molecule has 1 aromatic carbocycles. The summed E-state index contributed by atoms with van der Waals surface area (Å²) in [5.41, 5.74) is 7.27. The Morgan fingerprint density at radius 3 is 2.29 bits per heavy atom. The van der Waals surface area contributed by atoms with Crippen LogP contribution in [0.15, 0.2) is 18.2 Å². The van der Waals surface area contributed by atoms with Gasteiger partial charge in [0, 0.05) is 5.54 Å². The van der Waals surface area contributed by atoms with E-state index in [2.05, 4.69) is 13.8 Å². The monoisotopic (exact) mass is 299 g/mol. The first-order valence-electron chi connectivity index (χ1n) is 7.51. The fourth-order valence-corrected chi connectivity index (χ4v) is 3.36. The highest BCUT2D eigenvalue weighted by Crippen LogP contribution is 2.43. The van der Waals surface area contributed by atoms with Crippen LogP contribution in [0.4, 0.5) is 13.2 Å².